The van der Waals surface area contributed by atoms with E-state index in [0.29, 0.717) is 35.7 Å². The fourth-order valence-corrected chi connectivity index (χ4v) is 6.42. The molecule has 31 heavy (non-hydrogen) atoms. The molecule has 0 spiro atoms. The molecule has 1 aliphatic carbocycles. The molecule has 4 rings (SSSR count). The quantitative estimate of drug-likeness (QED) is 0.448. The van der Waals surface area contributed by atoms with Crippen molar-refractivity contribution in [1.29, 1.82) is 0 Å². The van der Waals surface area contributed by atoms with E-state index in [-0.39, 0.29) is 6.04 Å². The van der Waals surface area contributed by atoms with Gasteiger partial charge in [-0.1, -0.05) is 19.1 Å². The third kappa shape index (κ3) is 5.35. The Morgan fingerprint density at radius 2 is 2.06 bits per heavy atom. The number of ether oxygens (including phenoxy) is 1. The topological polar surface area (TPSA) is 48.1 Å². The van der Waals surface area contributed by atoms with Crippen LogP contribution in [-0.4, -0.2) is 84.8 Å². The number of hydrogen-bond acceptors (Lipinski definition) is 5. The maximum Gasteiger partial charge on any atom is 0.224 e. The summed E-state index contributed by atoms with van der Waals surface area (Å²) >= 11 is 0. The highest BCUT2D eigenvalue weighted by molar-refractivity contribution is 5.78. The molecule has 0 aromatic heterocycles. The van der Waals surface area contributed by atoms with Crippen molar-refractivity contribution < 1.29 is 9.53 Å². The van der Waals surface area contributed by atoms with Crippen LogP contribution in [0.1, 0.15) is 65.7 Å². The van der Waals surface area contributed by atoms with E-state index in [2.05, 4.69) is 46.2 Å². The van der Waals surface area contributed by atoms with Gasteiger partial charge >= 0.3 is 0 Å². The lowest BCUT2D eigenvalue weighted by molar-refractivity contribution is -0.140. The van der Waals surface area contributed by atoms with Crippen molar-refractivity contribution in [3.63, 3.8) is 0 Å². The van der Waals surface area contributed by atoms with Gasteiger partial charge in [0.1, 0.15) is 0 Å². The Morgan fingerprint density at radius 1 is 1.26 bits per heavy atom. The predicted molar refractivity (Wildman–Crippen MR) is 125 cm³/mol. The first-order valence-corrected chi connectivity index (χ1v) is 12.8. The Bertz CT molecular complexity index is 635. The molecule has 0 aromatic carbocycles. The molecule has 0 bridgehead atoms. The summed E-state index contributed by atoms with van der Waals surface area (Å²) in [5.74, 6) is 0.823. The van der Waals surface area contributed by atoms with Crippen LogP contribution in [-0.2, 0) is 9.53 Å². The Hall–Kier alpha value is -0.950. The Balaban J connectivity index is 1.48. The van der Waals surface area contributed by atoms with Crippen molar-refractivity contribution in [3.8, 4) is 0 Å². The first kappa shape index (κ1) is 23.2. The van der Waals surface area contributed by atoms with E-state index < -0.39 is 0 Å². The van der Waals surface area contributed by atoms with E-state index in [1.807, 2.05) is 6.92 Å². The number of carbonyl (C=O) groups is 1. The van der Waals surface area contributed by atoms with Crippen LogP contribution >= 0.6 is 0 Å². The van der Waals surface area contributed by atoms with Gasteiger partial charge in [-0.15, -0.1) is 0 Å². The van der Waals surface area contributed by atoms with Crippen LogP contribution in [0.3, 0.4) is 0 Å². The second-order valence-corrected chi connectivity index (χ2v) is 10.6. The molecule has 1 N–H and O–H groups in total. The van der Waals surface area contributed by atoms with E-state index in [1.54, 1.807) is 0 Å². The highest BCUT2D eigenvalue weighted by Crippen LogP contribution is 2.39. The zero-order valence-electron chi connectivity index (χ0n) is 20.0. The molecule has 6 heteroatoms. The molecule has 0 saturated carbocycles. The standard InChI is InChI=1S/C25H44N4O2/c1-4-31-16-10-15-28-22(18-27-13-8-9-14-27)24-20(2)29(26-21(24)17-23(28)30)19-25(3)11-6-5-7-12-25/h5-6,20-22,24,26H,4,7-19H2,1-3H3/t20-,21?,22?,24?,25-/m1/s1. The lowest BCUT2D eigenvalue weighted by Crippen LogP contribution is -2.59. The number of allylic oxidation sites excluding steroid dienone is 2. The SMILES string of the molecule is CCOCCCN1C(=O)CC2NN(C[C@]3(C)CC=CCC3)[C@H](C)C2C1CN1CCCC1. The van der Waals surface area contributed by atoms with Gasteiger partial charge in [-0.25, -0.2) is 5.01 Å². The molecule has 5 atom stereocenters. The van der Waals surface area contributed by atoms with Crippen molar-refractivity contribution in [2.75, 3.05) is 45.9 Å². The van der Waals surface area contributed by atoms with Gasteiger partial charge in [-0.2, -0.15) is 0 Å². The molecule has 3 heterocycles. The molecule has 1 amide bonds. The molecule has 176 valence electrons. The van der Waals surface area contributed by atoms with Gasteiger partial charge in [0.05, 0.1) is 6.04 Å². The number of amides is 1. The number of nitrogens with one attached hydrogen (secondary N) is 1. The molecule has 3 saturated heterocycles. The summed E-state index contributed by atoms with van der Waals surface area (Å²) in [6.07, 6.45) is 12.4. The Labute approximate surface area is 189 Å². The van der Waals surface area contributed by atoms with Crippen molar-refractivity contribution in [2.24, 2.45) is 11.3 Å². The number of rotatable bonds is 9. The van der Waals surface area contributed by atoms with Crippen molar-refractivity contribution in [3.05, 3.63) is 12.2 Å². The summed E-state index contributed by atoms with van der Waals surface area (Å²) in [6.45, 7) is 13.7. The average Bonchev–Trinajstić information content (AvgIpc) is 3.35. The molecule has 6 nitrogen and oxygen atoms in total. The van der Waals surface area contributed by atoms with Gasteiger partial charge in [0.15, 0.2) is 0 Å². The first-order chi connectivity index (χ1) is 15.0. The van der Waals surface area contributed by atoms with Crippen molar-refractivity contribution >= 4 is 5.91 Å². The van der Waals surface area contributed by atoms with Gasteiger partial charge in [0.2, 0.25) is 5.91 Å². The zero-order valence-corrected chi connectivity index (χ0v) is 20.0. The van der Waals surface area contributed by atoms with Gasteiger partial charge in [-0.3, -0.25) is 10.2 Å². The number of hydrazine groups is 1. The largest absolute Gasteiger partial charge is 0.382 e. The van der Waals surface area contributed by atoms with E-state index in [4.69, 9.17) is 4.74 Å². The molecular formula is C25H44N4O2. The molecule has 4 aliphatic rings. The molecule has 0 aromatic rings. The minimum absolute atomic E-state index is 0.279. The molecule has 3 unspecified atom stereocenters. The molecule has 0 radical (unpaired) electrons. The van der Waals surface area contributed by atoms with E-state index in [0.717, 1.165) is 45.7 Å². The summed E-state index contributed by atoms with van der Waals surface area (Å²) < 4.78 is 5.57. The lowest BCUT2D eigenvalue weighted by atomic mass is 9.77. The highest BCUT2D eigenvalue weighted by Gasteiger charge is 2.51. The molecule has 3 aliphatic heterocycles. The number of hydrogen-bond donors (Lipinski definition) is 1. The lowest BCUT2D eigenvalue weighted by Gasteiger charge is -2.45. The summed E-state index contributed by atoms with van der Waals surface area (Å²) in [5, 5.41) is 2.50. The van der Waals surface area contributed by atoms with Gasteiger partial charge in [0.25, 0.3) is 0 Å². The number of fused-ring (bicyclic) bond motifs is 1. The second-order valence-electron chi connectivity index (χ2n) is 10.6. The maximum atomic E-state index is 13.3. The van der Waals surface area contributed by atoms with E-state index in [9.17, 15) is 4.79 Å². The maximum absolute atomic E-state index is 13.3. The van der Waals surface area contributed by atoms with Crippen LogP contribution in [0.4, 0.5) is 0 Å². The second kappa shape index (κ2) is 10.3. The minimum atomic E-state index is 0.279. The van der Waals surface area contributed by atoms with Crippen LogP contribution in [0.2, 0.25) is 0 Å². The van der Waals surface area contributed by atoms with Crippen molar-refractivity contribution in [1.82, 2.24) is 20.2 Å². The first-order valence-electron chi connectivity index (χ1n) is 12.8. The Morgan fingerprint density at radius 3 is 2.77 bits per heavy atom. The fourth-order valence-electron chi connectivity index (χ4n) is 6.42. The van der Waals surface area contributed by atoms with Crippen LogP contribution in [0.25, 0.3) is 0 Å². The normalized spacial score (nSPS) is 37.0. The smallest absolute Gasteiger partial charge is 0.224 e. The predicted octanol–water partition coefficient (Wildman–Crippen LogP) is 3.05. The van der Waals surface area contributed by atoms with Gasteiger partial charge < -0.3 is 14.5 Å². The van der Waals surface area contributed by atoms with E-state index in [1.165, 1.54) is 38.8 Å². The summed E-state index contributed by atoms with van der Waals surface area (Å²) in [4.78, 5) is 18.1. The van der Waals surface area contributed by atoms with Crippen LogP contribution in [0.15, 0.2) is 12.2 Å². The fraction of sp³-hybridized carbons (Fsp3) is 0.880. The molecular weight excluding hydrogens is 388 g/mol. The number of nitrogens with zero attached hydrogens (tertiary/aromatic N) is 3. The Kier molecular flexibility index (Phi) is 7.73. The number of piperidine rings is 1. The third-order valence-electron chi connectivity index (χ3n) is 8.18. The summed E-state index contributed by atoms with van der Waals surface area (Å²) in [6, 6.07) is 1.03. The number of carbonyl (C=O) groups excluding carboxylic acids is 1. The van der Waals surface area contributed by atoms with E-state index >= 15 is 0 Å². The summed E-state index contributed by atoms with van der Waals surface area (Å²) in [5.41, 5.74) is 4.14. The van der Waals surface area contributed by atoms with Gasteiger partial charge in [-0.05, 0) is 70.9 Å². The summed E-state index contributed by atoms with van der Waals surface area (Å²) in [7, 11) is 0. The van der Waals surface area contributed by atoms with Crippen LogP contribution in [0, 0.1) is 11.3 Å². The average molecular weight is 433 g/mol. The minimum Gasteiger partial charge on any atom is -0.382 e. The van der Waals surface area contributed by atoms with Crippen LogP contribution in [0.5, 0.6) is 0 Å². The van der Waals surface area contributed by atoms with Crippen molar-refractivity contribution in [2.45, 2.75) is 83.8 Å². The number of likely N-dealkylation sites (tertiary alicyclic amines) is 2. The van der Waals surface area contributed by atoms with Gasteiger partial charge in [0, 0.05) is 57.3 Å². The molecule has 3 fully saturated rings. The zero-order chi connectivity index (χ0) is 21.8. The monoisotopic (exact) mass is 432 g/mol. The van der Waals surface area contributed by atoms with Crippen LogP contribution < -0.4 is 5.43 Å². The highest BCUT2D eigenvalue weighted by atomic mass is 16.5. The third-order valence-corrected chi connectivity index (χ3v) is 8.18.